The smallest absolute Gasteiger partial charge is 0.187 e. The summed E-state index contributed by atoms with van der Waals surface area (Å²) in [4.78, 5) is 0. The third-order valence-electron chi connectivity index (χ3n) is 5.97. The zero-order valence-electron chi connectivity index (χ0n) is 16.2. The van der Waals surface area contributed by atoms with E-state index < -0.39 is 86.1 Å². The highest BCUT2D eigenvalue weighted by molar-refractivity contribution is 5.24. The van der Waals surface area contributed by atoms with Crippen molar-refractivity contribution in [1.82, 2.24) is 0 Å². The van der Waals surface area contributed by atoms with Gasteiger partial charge < -0.3 is 59.8 Å². The number of hydrogen-bond donors (Lipinski definition) is 8. The van der Waals surface area contributed by atoms with E-state index in [0.29, 0.717) is 0 Å². The van der Waals surface area contributed by atoms with E-state index in [1.54, 1.807) is 0 Å². The lowest BCUT2D eigenvalue weighted by molar-refractivity contribution is -0.349. The maximum atomic E-state index is 10.6. The van der Waals surface area contributed by atoms with E-state index >= 15 is 0 Å². The van der Waals surface area contributed by atoms with Crippen LogP contribution in [-0.2, 0) is 18.9 Å². The Morgan fingerprint density at radius 1 is 0.933 bits per heavy atom. The van der Waals surface area contributed by atoms with E-state index in [1.807, 2.05) is 0 Å². The summed E-state index contributed by atoms with van der Waals surface area (Å²) < 4.78 is 22.0. The lowest BCUT2D eigenvalue weighted by Gasteiger charge is -2.44. The summed E-state index contributed by atoms with van der Waals surface area (Å²) >= 11 is 0. The van der Waals surface area contributed by atoms with Crippen molar-refractivity contribution in [2.45, 2.75) is 73.4 Å². The van der Waals surface area contributed by atoms with Gasteiger partial charge in [-0.1, -0.05) is 6.08 Å². The summed E-state index contributed by atoms with van der Waals surface area (Å²) in [5, 5.41) is 79.6. The average molecular weight is 438 g/mol. The minimum Gasteiger partial charge on any atom is -0.394 e. The van der Waals surface area contributed by atoms with Gasteiger partial charge in [0.25, 0.3) is 0 Å². The molecule has 12 nitrogen and oxygen atoms in total. The van der Waals surface area contributed by atoms with E-state index in [0.717, 1.165) is 0 Å². The molecule has 0 amide bonds. The Bertz CT molecular complexity index is 586. The molecule has 0 spiro atoms. The predicted octanol–water partition coefficient (Wildman–Crippen LogP) is -4.44. The van der Waals surface area contributed by atoms with Crippen LogP contribution in [0, 0.1) is 5.92 Å². The van der Waals surface area contributed by atoms with Gasteiger partial charge in [0.15, 0.2) is 12.6 Å². The van der Waals surface area contributed by atoms with E-state index in [1.165, 1.54) is 6.08 Å². The Morgan fingerprint density at radius 3 is 2.23 bits per heavy atom. The molecule has 1 aliphatic carbocycles. The monoisotopic (exact) mass is 438 g/mol. The minimum atomic E-state index is -1.73. The highest BCUT2D eigenvalue weighted by Gasteiger charge is 2.78. The first-order valence-electron chi connectivity index (χ1n) is 9.75. The molecule has 0 aromatic rings. The van der Waals surface area contributed by atoms with Gasteiger partial charge in [0.1, 0.15) is 42.2 Å². The van der Waals surface area contributed by atoms with Crippen molar-refractivity contribution in [2.75, 3.05) is 19.8 Å². The quantitative estimate of drug-likeness (QED) is 0.161. The first-order chi connectivity index (χ1) is 14.2. The van der Waals surface area contributed by atoms with Crippen LogP contribution in [0.25, 0.3) is 0 Å². The van der Waals surface area contributed by atoms with Crippen molar-refractivity contribution in [3.8, 4) is 0 Å². The molecule has 12 heteroatoms. The molecule has 12 atom stereocenters. The van der Waals surface area contributed by atoms with Gasteiger partial charge in [-0.2, -0.15) is 0 Å². The molecule has 2 heterocycles. The summed E-state index contributed by atoms with van der Waals surface area (Å²) in [6, 6.07) is 0. The molecule has 3 rings (SSSR count). The van der Waals surface area contributed by atoms with E-state index in [9.17, 15) is 40.9 Å². The molecule has 174 valence electrons. The summed E-state index contributed by atoms with van der Waals surface area (Å²) in [7, 11) is 0. The number of fused-ring (bicyclic) bond motifs is 1. The zero-order valence-corrected chi connectivity index (χ0v) is 16.2. The van der Waals surface area contributed by atoms with Crippen LogP contribution < -0.4 is 0 Å². The SMILES string of the molecule is C=CC(O)CCO[C@@H]1OC(CO)[C@]2(OC3OC(CO)[C@H](O)C(O)C3O)C(O)[C@@H]2C1O. The number of aliphatic hydroxyl groups is 8. The first-order valence-corrected chi connectivity index (χ1v) is 9.75. The van der Waals surface area contributed by atoms with Crippen LogP contribution in [0.15, 0.2) is 12.7 Å². The molecule has 0 aromatic carbocycles. The predicted molar refractivity (Wildman–Crippen MR) is 95.6 cm³/mol. The highest BCUT2D eigenvalue weighted by atomic mass is 16.7. The van der Waals surface area contributed by atoms with Crippen LogP contribution in [0.5, 0.6) is 0 Å². The van der Waals surface area contributed by atoms with Gasteiger partial charge in [0.05, 0.1) is 37.9 Å². The fourth-order valence-corrected chi connectivity index (χ4v) is 4.11. The molecule has 8 N–H and O–H groups in total. The van der Waals surface area contributed by atoms with Crippen molar-refractivity contribution in [3.05, 3.63) is 12.7 Å². The first kappa shape index (κ1) is 23.9. The lowest BCUT2D eigenvalue weighted by Crippen LogP contribution is -2.62. The lowest BCUT2D eigenvalue weighted by atomic mass is 9.98. The fraction of sp³-hybridized carbons (Fsp3) is 0.889. The van der Waals surface area contributed by atoms with Crippen LogP contribution in [0.3, 0.4) is 0 Å². The Labute approximate surface area is 172 Å². The molecule has 0 radical (unpaired) electrons. The van der Waals surface area contributed by atoms with Gasteiger partial charge in [-0.05, 0) is 0 Å². The second-order valence-corrected chi connectivity index (χ2v) is 7.77. The van der Waals surface area contributed by atoms with Crippen molar-refractivity contribution in [1.29, 1.82) is 0 Å². The van der Waals surface area contributed by atoms with Crippen LogP contribution in [0.1, 0.15) is 6.42 Å². The second kappa shape index (κ2) is 9.40. The molecule has 0 bridgehead atoms. The van der Waals surface area contributed by atoms with Crippen LogP contribution in [0.4, 0.5) is 0 Å². The maximum absolute atomic E-state index is 10.6. The highest BCUT2D eigenvalue weighted by Crippen LogP contribution is 2.57. The van der Waals surface area contributed by atoms with Crippen molar-refractivity contribution >= 4 is 0 Å². The molecule has 8 unspecified atom stereocenters. The number of ether oxygens (including phenoxy) is 4. The van der Waals surface area contributed by atoms with Crippen molar-refractivity contribution in [2.24, 2.45) is 5.92 Å². The Hall–Kier alpha value is -0.740. The molecule has 2 saturated heterocycles. The van der Waals surface area contributed by atoms with Gasteiger partial charge in [0.2, 0.25) is 0 Å². The summed E-state index contributed by atoms with van der Waals surface area (Å²) in [6.07, 6.45) is -12.2. The van der Waals surface area contributed by atoms with E-state index in [2.05, 4.69) is 6.58 Å². The molecule has 3 aliphatic rings. The summed E-state index contributed by atoms with van der Waals surface area (Å²) in [6.45, 7) is 2.15. The molecule has 2 aliphatic heterocycles. The Kier molecular flexibility index (Phi) is 7.49. The Balaban J connectivity index is 1.70. The maximum Gasteiger partial charge on any atom is 0.187 e. The third-order valence-corrected chi connectivity index (χ3v) is 5.97. The van der Waals surface area contributed by atoms with Gasteiger partial charge in [-0.3, -0.25) is 0 Å². The van der Waals surface area contributed by atoms with E-state index in [4.69, 9.17) is 18.9 Å². The molecule has 3 fully saturated rings. The topological polar surface area (TPSA) is 199 Å². The third kappa shape index (κ3) is 4.03. The standard InChI is InChI=1S/C18H30O12/c1-2-7(21)3-4-27-16-12(23)10-15(26)18(10,9(6-20)29-16)30-17-14(25)13(24)11(22)8(5-19)28-17/h2,7-17,19-26H,1,3-6H2/t7?,8?,9?,10-,11-,12?,13?,14?,15?,16+,17?,18+/m0/s1. The van der Waals surface area contributed by atoms with Gasteiger partial charge in [-0.15, -0.1) is 6.58 Å². The Morgan fingerprint density at radius 2 is 1.63 bits per heavy atom. The van der Waals surface area contributed by atoms with E-state index in [-0.39, 0.29) is 13.0 Å². The van der Waals surface area contributed by atoms with Gasteiger partial charge >= 0.3 is 0 Å². The second-order valence-electron chi connectivity index (χ2n) is 7.77. The largest absolute Gasteiger partial charge is 0.394 e. The summed E-state index contributed by atoms with van der Waals surface area (Å²) in [5.41, 5.74) is -1.66. The molecular formula is C18H30O12. The molecule has 30 heavy (non-hydrogen) atoms. The summed E-state index contributed by atoms with van der Waals surface area (Å²) in [5.74, 6) is -0.968. The fourth-order valence-electron chi connectivity index (χ4n) is 4.11. The molecular weight excluding hydrogens is 408 g/mol. The van der Waals surface area contributed by atoms with Crippen LogP contribution >= 0.6 is 0 Å². The number of rotatable bonds is 9. The van der Waals surface area contributed by atoms with Crippen LogP contribution in [0.2, 0.25) is 0 Å². The van der Waals surface area contributed by atoms with Crippen LogP contribution in [-0.4, -0.2) is 128 Å². The zero-order chi connectivity index (χ0) is 22.2. The van der Waals surface area contributed by atoms with Crippen molar-refractivity contribution < 1.29 is 59.8 Å². The molecule has 1 saturated carbocycles. The number of aliphatic hydroxyl groups excluding tert-OH is 8. The minimum absolute atomic E-state index is 0.0104. The normalized spacial score (nSPS) is 49.3. The van der Waals surface area contributed by atoms with Crippen molar-refractivity contribution in [3.63, 3.8) is 0 Å². The average Bonchev–Trinajstić information content (AvgIpc) is 3.34. The van der Waals surface area contributed by atoms with Gasteiger partial charge in [0, 0.05) is 6.42 Å². The molecule has 0 aromatic heterocycles. The number of hydrogen-bond acceptors (Lipinski definition) is 12. The van der Waals surface area contributed by atoms with Gasteiger partial charge in [-0.25, -0.2) is 0 Å².